The fourth-order valence-electron chi connectivity index (χ4n) is 3.20. The van der Waals surface area contributed by atoms with E-state index >= 15 is 0 Å². The number of carbonyl (C=O) groups excluding carboxylic acids is 1. The zero-order valence-corrected chi connectivity index (χ0v) is 18.5. The molecule has 0 aliphatic heterocycles. The lowest BCUT2D eigenvalue weighted by atomic mass is 10.1. The lowest BCUT2D eigenvalue weighted by Crippen LogP contribution is -2.40. The molecule has 0 bridgehead atoms. The summed E-state index contributed by atoms with van der Waals surface area (Å²) in [6, 6.07) is 23.4. The number of carboxylic acid groups (broad SMARTS) is 1. The molecule has 7 nitrogen and oxygen atoms in total. The van der Waals surface area contributed by atoms with Gasteiger partial charge in [-0.1, -0.05) is 42.5 Å². The van der Waals surface area contributed by atoms with Gasteiger partial charge in [-0.2, -0.15) is 0 Å². The molecule has 3 N–H and O–H groups in total. The van der Waals surface area contributed by atoms with Gasteiger partial charge in [0, 0.05) is 5.69 Å². The fourth-order valence-corrected chi connectivity index (χ4v) is 3.20. The summed E-state index contributed by atoms with van der Waals surface area (Å²) in [7, 11) is 1.60. The summed E-state index contributed by atoms with van der Waals surface area (Å²) in [6.07, 6.45) is 0.462. The number of rotatable bonds is 12. The lowest BCUT2D eigenvalue weighted by molar-refractivity contribution is -0.141. The van der Waals surface area contributed by atoms with Gasteiger partial charge in [0.25, 0.3) is 0 Å². The van der Waals surface area contributed by atoms with Crippen LogP contribution in [0, 0.1) is 0 Å². The van der Waals surface area contributed by atoms with Gasteiger partial charge in [-0.15, -0.1) is 0 Å². The number of methoxy groups -OCH3 is 1. The molecule has 0 radical (unpaired) electrons. The van der Waals surface area contributed by atoms with Gasteiger partial charge in [-0.25, -0.2) is 0 Å². The number of benzene rings is 3. The van der Waals surface area contributed by atoms with Crippen molar-refractivity contribution in [1.82, 2.24) is 5.32 Å². The van der Waals surface area contributed by atoms with Crippen LogP contribution < -0.4 is 20.1 Å². The van der Waals surface area contributed by atoms with Crippen LogP contribution in [0.5, 0.6) is 11.5 Å². The normalized spacial score (nSPS) is 11.4. The maximum Gasteiger partial charge on any atom is 0.321 e. The smallest absolute Gasteiger partial charge is 0.321 e. The molecule has 0 saturated carbocycles. The average Bonchev–Trinajstić information content (AvgIpc) is 2.84. The number of amides is 1. The predicted octanol–water partition coefficient (Wildman–Crippen LogP) is 3.89. The van der Waals surface area contributed by atoms with Crippen molar-refractivity contribution in [1.29, 1.82) is 0 Å². The largest absolute Gasteiger partial charge is 0.497 e. The van der Waals surface area contributed by atoms with Crippen LogP contribution in [0.3, 0.4) is 0 Å². The molecule has 0 saturated heterocycles. The Balaban J connectivity index is 1.44. The monoisotopic (exact) mass is 448 g/mol. The third kappa shape index (κ3) is 7.97. The van der Waals surface area contributed by atoms with E-state index in [1.54, 1.807) is 31.4 Å². The molecule has 7 heteroatoms. The van der Waals surface area contributed by atoms with E-state index in [-0.39, 0.29) is 12.3 Å². The lowest BCUT2D eigenvalue weighted by Gasteiger charge is -2.15. The second-order valence-corrected chi connectivity index (χ2v) is 7.49. The van der Waals surface area contributed by atoms with E-state index in [4.69, 9.17) is 9.47 Å². The Bertz CT molecular complexity index is 1020. The molecule has 3 rings (SSSR count). The number of ether oxygens (including phenoxy) is 2. The Labute approximate surface area is 193 Å². The van der Waals surface area contributed by atoms with Gasteiger partial charge in [0.1, 0.15) is 24.1 Å². The van der Waals surface area contributed by atoms with Crippen LogP contribution in [-0.4, -0.2) is 36.7 Å². The van der Waals surface area contributed by atoms with Gasteiger partial charge in [-0.05, 0) is 60.5 Å². The summed E-state index contributed by atoms with van der Waals surface area (Å²) in [6.45, 7) is 0.888. The van der Waals surface area contributed by atoms with Crippen molar-refractivity contribution < 1.29 is 24.2 Å². The predicted molar refractivity (Wildman–Crippen MR) is 127 cm³/mol. The van der Waals surface area contributed by atoms with Gasteiger partial charge >= 0.3 is 5.97 Å². The quantitative estimate of drug-likeness (QED) is 0.389. The number of anilines is 1. The summed E-state index contributed by atoms with van der Waals surface area (Å²) in [4.78, 5) is 23.9. The third-order valence-electron chi connectivity index (χ3n) is 5.04. The standard InChI is InChI=1S/C26H28N2O5/c1-32-22-11-7-19(8-12-22)15-16-27-24(26(30)31)17-25(29)28-21-9-13-23(14-10-21)33-18-20-5-3-2-4-6-20/h2-14,24,27H,15-18H2,1H3,(H,28,29)(H,30,31). The van der Waals surface area contributed by atoms with E-state index in [1.165, 1.54) is 0 Å². The zero-order chi connectivity index (χ0) is 23.5. The van der Waals surface area contributed by atoms with Crippen molar-refractivity contribution in [3.8, 4) is 11.5 Å². The molecular formula is C26H28N2O5. The summed E-state index contributed by atoms with van der Waals surface area (Å²) >= 11 is 0. The first kappa shape index (κ1) is 23.8. The highest BCUT2D eigenvalue weighted by atomic mass is 16.5. The highest BCUT2D eigenvalue weighted by molar-refractivity contribution is 5.94. The van der Waals surface area contributed by atoms with Gasteiger partial charge in [0.05, 0.1) is 13.5 Å². The molecule has 3 aromatic carbocycles. The first-order chi connectivity index (χ1) is 16.0. The van der Waals surface area contributed by atoms with Crippen LogP contribution in [-0.2, 0) is 22.6 Å². The number of carbonyl (C=O) groups is 2. The SMILES string of the molecule is COc1ccc(CCNC(CC(=O)Nc2ccc(OCc3ccccc3)cc2)C(=O)O)cc1. The van der Waals surface area contributed by atoms with Gasteiger partial charge < -0.3 is 25.2 Å². The Morgan fingerprint density at radius 1 is 0.879 bits per heavy atom. The highest BCUT2D eigenvalue weighted by Gasteiger charge is 2.20. The number of hydrogen-bond acceptors (Lipinski definition) is 5. The maximum atomic E-state index is 12.4. The molecule has 0 spiro atoms. The highest BCUT2D eigenvalue weighted by Crippen LogP contribution is 2.17. The molecule has 1 atom stereocenters. The molecule has 0 aliphatic rings. The van der Waals surface area contributed by atoms with Crippen LogP contribution in [0.25, 0.3) is 0 Å². The minimum Gasteiger partial charge on any atom is -0.497 e. The van der Waals surface area contributed by atoms with Gasteiger partial charge in [0.2, 0.25) is 5.91 Å². The number of nitrogens with one attached hydrogen (secondary N) is 2. The summed E-state index contributed by atoms with van der Waals surface area (Å²) in [5.74, 6) is 0.00453. The van der Waals surface area contributed by atoms with Crippen LogP contribution in [0.1, 0.15) is 17.5 Å². The van der Waals surface area contributed by atoms with E-state index < -0.39 is 12.0 Å². The molecular weight excluding hydrogens is 420 g/mol. The Hall–Kier alpha value is -3.84. The molecule has 0 aromatic heterocycles. The number of carboxylic acids is 1. The van der Waals surface area contributed by atoms with Crippen molar-refractivity contribution in [3.05, 3.63) is 90.0 Å². The van der Waals surface area contributed by atoms with Crippen molar-refractivity contribution in [2.24, 2.45) is 0 Å². The fraction of sp³-hybridized carbons (Fsp3) is 0.231. The second kappa shape index (κ2) is 12.3. The number of hydrogen-bond donors (Lipinski definition) is 3. The van der Waals surface area contributed by atoms with E-state index in [0.29, 0.717) is 31.0 Å². The topological polar surface area (TPSA) is 96.9 Å². The number of aliphatic carboxylic acids is 1. The van der Waals surface area contributed by atoms with E-state index in [1.807, 2.05) is 54.6 Å². The molecule has 0 heterocycles. The summed E-state index contributed by atoms with van der Waals surface area (Å²) in [5, 5.41) is 15.1. The maximum absolute atomic E-state index is 12.4. The Morgan fingerprint density at radius 2 is 1.55 bits per heavy atom. The van der Waals surface area contributed by atoms with E-state index in [2.05, 4.69) is 10.6 Å². The molecule has 172 valence electrons. The van der Waals surface area contributed by atoms with E-state index in [0.717, 1.165) is 16.9 Å². The zero-order valence-electron chi connectivity index (χ0n) is 18.5. The molecule has 3 aromatic rings. The molecule has 0 aliphatic carbocycles. The second-order valence-electron chi connectivity index (χ2n) is 7.49. The minimum atomic E-state index is -1.07. The third-order valence-corrected chi connectivity index (χ3v) is 5.04. The molecule has 0 fully saturated rings. The molecule has 1 unspecified atom stereocenters. The van der Waals surface area contributed by atoms with E-state index in [9.17, 15) is 14.7 Å². The summed E-state index contributed by atoms with van der Waals surface area (Å²) < 4.78 is 10.9. The van der Waals surface area contributed by atoms with Crippen LogP contribution in [0.4, 0.5) is 5.69 Å². The van der Waals surface area contributed by atoms with Gasteiger partial charge in [-0.3, -0.25) is 9.59 Å². The van der Waals surface area contributed by atoms with Crippen molar-refractivity contribution >= 4 is 17.6 Å². The minimum absolute atomic E-state index is 0.176. The average molecular weight is 449 g/mol. The Kier molecular flexibility index (Phi) is 8.85. The van der Waals surface area contributed by atoms with Crippen LogP contribution in [0.15, 0.2) is 78.9 Å². The molecule has 1 amide bonds. The summed E-state index contributed by atoms with van der Waals surface area (Å²) in [5.41, 5.74) is 2.69. The van der Waals surface area contributed by atoms with Crippen LogP contribution in [0.2, 0.25) is 0 Å². The first-order valence-electron chi connectivity index (χ1n) is 10.7. The first-order valence-corrected chi connectivity index (χ1v) is 10.7. The van der Waals surface area contributed by atoms with Crippen molar-refractivity contribution in [3.63, 3.8) is 0 Å². The van der Waals surface area contributed by atoms with Crippen molar-refractivity contribution in [2.75, 3.05) is 19.0 Å². The van der Waals surface area contributed by atoms with Gasteiger partial charge in [0.15, 0.2) is 0 Å². The Morgan fingerprint density at radius 3 is 2.18 bits per heavy atom. The van der Waals surface area contributed by atoms with Crippen LogP contribution >= 0.6 is 0 Å². The molecule has 33 heavy (non-hydrogen) atoms. The van der Waals surface area contributed by atoms with Crippen molar-refractivity contribution in [2.45, 2.75) is 25.5 Å².